The van der Waals surface area contributed by atoms with E-state index in [2.05, 4.69) is 17.6 Å². The zero-order valence-corrected chi connectivity index (χ0v) is 11.1. The molecule has 1 saturated carbocycles. The SMILES string of the molecule is COCCNC(=O)CNCC1CCC(C)CC1. The van der Waals surface area contributed by atoms with Crippen LogP contribution in [0.4, 0.5) is 0 Å². The second-order valence-corrected chi connectivity index (χ2v) is 5.10. The molecule has 0 heterocycles. The number of hydrogen-bond acceptors (Lipinski definition) is 3. The molecule has 17 heavy (non-hydrogen) atoms. The molecule has 1 aliphatic carbocycles. The van der Waals surface area contributed by atoms with E-state index < -0.39 is 0 Å². The molecule has 0 aliphatic heterocycles. The van der Waals surface area contributed by atoms with Crippen LogP contribution in [0.5, 0.6) is 0 Å². The van der Waals surface area contributed by atoms with Gasteiger partial charge in [-0.3, -0.25) is 4.79 Å². The lowest BCUT2D eigenvalue weighted by Crippen LogP contribution is -2.37. The Morgan fingerprint density at radius 1 is 1.29 bits per heavy atom. The van der Waals surface area contributed by atoms with Gasteiger partial charge in [0.05, 0.1) is 13.2 Å². The van der Waals surface area contributed by atoms with E-state index >= 15 is 0 Å². The second kappa shape index (κ2) is 8.48. The maximum atomic E-state index is 11.4. The highest BCUT2D eigenvalue weighted by atomic mass is 16.5. The minimum atomic E-state index is 0.0613. The predicted molar refractivity (Wildman–Crippen MR) is 68.9 cm³/mol. The highest BCUT2D eigenvalue weighted by Crippen LogP contribution is 2.27. The fourth-order valence-electron chi connectivity index (χ4n) is 2.28. The molecule has 0 atom stereocenters. The molecule has 0 aromatic heterocycles. The number of hydrogen-bond donors (Lipinski definition) is 2. The lowest BCUT2D eigenvalue weighted by Gasteiger charge is -2.26. The third kappa shape index (κ3) is 6.64. The molecule has 100 valence electrons. The summed E-state index contributed by atoms with van der Waals surface area (Å²) in [7, 11) is 1.63. The van der Waals surface area contributed by atoms with Crippen LogP contribution >= 0.6 is 0 Å². The third-order valence-electron chi connectivity index (χ3n) is 3.48. The fourth-order valence-corrected chi connectivity index (χ4v) is 2.28. The molecule has 0 aromatic rings. The largest absolute Gasteiger partial charge is 0.383 e. The minimum absolute atomic E-state index is 0.0613. The van der Waals surface area contributed by atoms with Crippen molar-refractivity contribution in [3.63, 3.8) is 0 Å². The number of carbonyl (C=O) groups is 1. The van der Waals surface area contributed by atoms with Crippen molar-refractivity contribution in [2.75, 3.05) is 33.4 Å². The van der Waals surface area contributed by atoms with Gasteiger partial charge in [0.15, 0.2) is 0 Å². The van der Waals surface area contributed by atoms with Crippen molar-refractivity contribution in [3.05, 3.63) is 0 Å². The molecule has 4 heteroatoms. The Kier molecular flexibility index (Phi) is 7.21. The fraction of sp³-hybridized carbons (Fsp3) is 0.923. The molecular formula is C13H26N2O2. The number of methoxy groups -OCH3 is 1. The molecule has 0 aromatic carbocycles. The highest BCUT2D eigenvalue weighted by Gasteiger charge is 2.17. The summed E-state index contributed by atoms with van der Waals surface area (Å²) in [5.74, 6) is 1.72. The molecule has 1 aliphatic rings. The number of carbonyl (C=O) groups excluding carboxylic acids is 1. The molecule has 4 nitrogen and oxygen atoms in total. The van der Waals surface area contributed by atoms with Crippen LogP contribution in [0.1, 0.15) is 32.6 Å². The van der Waals surface area contributed by atoms with Crippen LogP contribution in [0.25, 0.3) is 0 Å². The first kappa shape index (κ1) is 14.5. The summed E-state index contributed by atoms with van der Waals surface area (Å²) in [6.45, 7) is 4.90. The van der Waals surface area contributed by atoms with Crippen LogP contribution in [-0.2, 0) is 9.53 Å². The van der Waals surface area contributed by atoms with Gasteiger partial charge in [0.1, 0.15) is 0 Å². The van der Waals surface area contributed by atoms with Crippen LogP contribution in [-0.4, -0.2) is 39.3 Å². The molecule has 1 rings (SSSR count). The zero-order chi connectivity index (χ0) is 12.5. The Bertz CT molecular complexity index is 213. The van der Waals surface area contributed by atoms with Crippen molar-refractivity contribution in [2.24, 2.45) is 11.8 Å². The summed E-state index contributed by atoms with van der Waals surface area (Å²) in [6, 6.07) is 0. The van der Waals surface area contributed by atoms with Gasteiger partial charge in [-0.25, -0.2) is 0 Å². The molecular weight excluding hydrogens is 216 g/mol. The molecule has 2 N–H and O–H groups in total. The Morgan fingerprint density at radius 2 is 2.00 bits per heavy atom. The van der Waals surface area contributed by atoms with Crippen LogP contribution in [0, 0.1) is 11.8 Å². The maximum absolute atomic E-state index is 11.4. The van der Waals surface area contributed by atoms with Crippen molar-refractivity contribution < 1.29 is 9.53 Å². The van der Waals surface area contributed by atoms with Crippen molar-refractivity contribution >= 4 is 5.91 Å². The van der Waals surface area contributed by atoms with E-state index in [0.717, 1.165) is 18.4 Å². The average Bonchev–Trinajstić information content (AvgIpc) is 2.32. The normalized spacial score (nSPS) is 24.6. The maximum Gasteiger partial charge on any atom is 0.234 e. The van der Waals surface area contributed by atoms with E-state index in [0.29, 0.717) is 19.7 Å². The Labute approximate surface area is 104 Å². The lowest BCUT2D eigenvalue weighted by molar-refractivity contribution is -0.120. The standard InChI is InChI=1S/C13H26N2O2/c1-11-3-5-12(6-4-11)9-14-10-13(16)15-7-8-17-2/h11-12,14H,3-10H2,1-2H3,(H,15,16). The first-order valence-corrected chi connectivity index (χ1v) is 6.68. The van der Waals surface area contributed by atoms with Gasteiger partial charge < -0.3 is 15.4 Å². The average molecular weight is 242 g/mol. The van der Waals surface area contributed by atoms with Crippen molar-refractivity contribution in [1.82, 2.24) is 10.6 Å². The zero-order valence-electron chi connectivity index (χ0n) is 11.1. The third-order valence-corrected chi connectivity index (χ3v) is 3.48. The monoisotopic (exact) mass is 242 g/mol. The topological polar surface area (TPSA) is 50.4 Å². The van der Waals surface area contributed by atoms with Gasteiger partial charge in [0.25, 0.3) is 0 Å². The van der Waals surface area contributed by atoms with Crippen LogP contribution in [0.2, 0.25) is 0 Å². The van der Waals surface area contributed by atoms with Gasteiger partial charge in [-0.15, -0.1) is 0 Å². The molecule has 1 amide bonds. The van der Waals surface area contributed by atoms with Gasteiger partial charge in [-0.1, -0.05) is 19.8 Å². The minimum Gasteiger partial charge on any atom is -0.383 e. The van der Waals surface area contributed by atoms with E-state index in [1.165, 1.54) is 25.7 Å². The molecule has 0 saturated heterocycles. The smallest absolute Gasteiger partial charge is 0.234 e. The van der Waals surface area contributed by atoms with Gasteiger partial charge in [0, 0.05) is 13.7 Å². The first-order valence-electron chi connectivity index (χ1n) is 6.68. The van der Waals surface area contributed by atoms with Crippen molar-refractivity contribution in [3.8, 4) is 0 Å². The quantitative estimate of drug-likeness (QED) is 0.659. The molecule has 1 fully saturated rings. The lowest BCUT2D eigenvalue weighted by atomic mass is 9.83. The number of rotatable bonds is 7. The van der Waals surface area contributed by atoms with E-state index in [4.69, 9.17) is 4.74 Å². The van der Waals surface area contributed by atoms with Gasteiger partial charge in [-0.2, -0.15) is 0 Å². The predicted octanol–water partition coefficient (Wildman–Crippen LogP) is 1.16. The van der Waals surface area contributed by atoms with Gasteiger partial charge >= 0.3 is 0 Å². The van der Waals surface area contributed by atoms with E-state index in [1.807, 2.05) is 0 Å². The Balaban J connectivity index is 1.97. The van der Waals surface area contributed by atoms with Gasteiger partial charge in [-0.05, 0) is 31.2 Å². The van der Waals surface area contributed by atoms with Crippen molar-refractivity contribution in [2.45, 2.75) is 32.6 Å². The number of nitrogens with one attached hydrogen (secondary N) is 2. The summed E-state index contributed by atoms with van der Waals surface area (Å²) in [4.78, 5) is 11.4. The van der Waals surface area contributed by atoms with E-state index in [-0.39, 0.29) is 5.91 Å². The van der Waals surface area contributed by atoms with Crippen LogP contribution < -0.4 is 10.6 Å². The molecule has 0 unspecified atom stereocenters. The van der Waals surface area contributed by atoms with Gasteiger partial charge in [0.2, 0.25) is 5.91 Å². The van der Waals surface area contributed by atoms with E-state index in [9.17, 15) is 4.79 Å². The molecule has 0 spiro atoms. The van der Waals surface area contributed by atoms with Crippen LogP contribution in [0.3, 0.4) is 0 Å². The summed E-state index contributed by atoms with van der Waals surface area (Å²) < 4.78 is 4.87. The van der Waals surface area contributed by atoms with Crippen molar-refractivity contribution in [1.29, 1.82) is 0 Å². The summed E-state index contributed by atoms with van der Waals surface area (Å²) in [5, 5.41) is 6.05. The molecule has 0 bridgehead atoms. The summed E-state index contributed by atoms with van der Waals surface area (Å²) in [5.41, 5.74) is 0. The first-order chi connectivity index (χ1) is 8.22. The Morgan fingerprint density at radius 3 is 2.65 bits per heavy atom. The van der Waals surface area contributed by atoms with Crippen LogP contribution in [0.15, 0.2) is 0 Å². The summed E-state index contributed by atoms with van der Waals surface area (Å²) >= 11 is 0. The number of ether oxygens (including phenoxy) is 1. The number of amides is 1. The molecule has 0 radical (unpaired) electrons. The Hall–Kier alpha value is -0.610. The second-order valence-electron chi connectivity index (χ2n) is 5.10. The highest BCUT2D eigenvalue weighted by molar-refractivity contribution is 5.77. The van der Waals surface area contributed by atoms with E-state index in [1.54, 1.807) is 7.11 Å². The summed E-state index contributed by atoms with van der Waals surface area (Å²) in [6.07, 6.45) is 5.29.